The zero-order valence-corrected chi connectivity index (χ0v) is 18.5. The van der Waals surface area contributed by atoms with E-state index in [4.69, 9.17) is 10.5 Å². The first kappa shape index (κ1) is 24.7. The molecule has 1 aromatic heterocycles. The van der Waals surface area contributed by atoms with Crippen molar-refractivity contribution in [3.05, 3.63) is 51.2 Å². The highest BCUT2D eigenvalue weighted by Gasteiger charge is 2.24. The number of methoxy groups -OCH3 is 1. The Labute approximate surface area is 185 Å². The molecule has 174 valence electrons. The van der Waals surface area contributed by atoms with Gasteiger partial charge in [-0.05, 0) is 18.1 Å². The molecule has 3 amide bonds. The van der Waals surface area contributed by atoms with Crippen molar-refractivity contribution in [2.45, 2.75) is 26.8 Å². The molecular formula is C21H30N6O5. The number of para-hydroxylation sites is 1. The van der Waals surface area contributed by atoms with Gasteiger partial charge in [0, 0.05) is 38.9 Å². The highest BCUT2D eigenvalue weighted by molar-refractivity contribution is 5.96. The quantitative estimate of drug-likeness (QED) is 0.427. The van der Waals surface area contributed by atoms with Crippen LogP contribution in [-0.4, -0.2) is 48.3 Å². The van der Waals surface area contributed by atoms with Crippen LogP contribution in [0.3, 0.4) is 0 Å². The van der Waals surface area contributed by atoms with E-state index >= 15 is 0 Å². The lowest BCUT2D eigenvalue weighted by Crippen LogP contribution is -2.43. The number of H-pyrrole nitrogens is 1. The monoisotopic (exact) mass is 446 g/mol. The normalized spacial score (nSPS) is 10.8. The number of nitrogen functional groups attached to an aromatic ring is 1. The lowest BCUT2D eigenvalue weighted by Gasteiger charge is -2.24. The number of hydrogen-bond acceptors (Lipinski definition) is 6. The molecule has 32 heavy (non-hydrogen) atoms. The molecule has 0 unspecified atom stereocenters. The lowest BCUT2D eigenvalue weighted by atomic mass is 10.2. The fourth-order valence-corrected chi connectivity index (χ4v) is 3.04. The van der Waals surface area contributed by atoms with Crippen molar-refractivity contribution in [3.8, 4) is 0 Å². The average Bonchev–Trinajstić information content (AvgIpc) is 2.73. The van der Waals surface area contributed by atoms with Gasteiger partial charge in [-0.1, -0.05) is 32.0 Å². The minimum absolute atomic E-state index is 0.0322. The van der Waals surface area contributed by atoms with Gasteiger partial charge in [0.2, 0.25) is 5.91 Å². The van der Waals surface area contributed by atoms with Crippen LogP contribution in [0.1, 0.15) is 20.3 Å². The number of nitrogens with zero attached hydrogens (tertiary/aromatic N) is 2. The standard InChI is InChI=1S/C21H30N6O5/c1-14(2)13-27-18(22)17(19(29)25-21(27)31)26(11-12-32-3)16(28)9-10-23-20(30)24-15-7-5-4-6-8-15/h4-8,14H,9-13,22H2,1-3H3,(H2,23,24,30)(H,25,29,31). The Morgan fingerprint density at radius 1 is 1.22 bits per heavy atom. The zero-order valence-electron chi connectivity index (χ0n) is 18.5. The Morgan fingerprint density at radius 3 is 2.53 bits per heavy atom. The first-order valence-corrected chi connectivity index (χ1v) is 10.3. The summed E-state index contributed by atoms with van der Waals surface area (Å²) in [5, 5.41) is 5.25. The summed E-state index contributed by atoms with van der Waals surface area (Å²) in [4.78, 5) is 53.1. The van der Waals surface area contributed by atoms with Crippen molar-refractivity contribution < 1.29 is 14.3 Å². The largest absolute Gasteiger partial charge is 0.383 e. The molecule has 0 saturated carbocycles. The maximum atomic E-state index is 12.9. The Balaban J connectivity index is 2.15. The molecule has 0 radical (unpaired) electrons. The summed E-state index contributed by atoms with van der Waals surface area (Å²) in [6.45, 7) is 4.31. The SMILES string of the molecule is COCCN(C(=O)CCNC(=O)Nc1ccccc1)c1c(N)n(CC(C)C)c(=O)[nH]c1=O. The van der Waals surface area contributed by atoms with Gasteiger partial charge >= 0.3 is 11.7 Å². The molecule has 0 aliphatic carbocycles. The number of nitrogens with two attached hydrogens (primary N) is 1. The van der Waals surface area contributed by atoms with Gasteiger partial charge in [0.15, 0.2) is 5.69 Å². The predicted octanol–water partition coefficient (Wildman–Crippen LogP) is 0.966. The molecular weight excluding hydrogens is 416 g/mol. The van der Waals surface area contributed by atoms with E-state index in [0.717, 1.165) is 0 Å². The summed E-state index contributed by atoms with van der Waals surface area (Å²) < 4.78 is 6.29. The molecule has 2 aromatic rings. The molecule has 0 fully saturated rings. The molecule has 2 rings (SSSR count). The van der Waals surface area contributed by atoms with Gasteiger partial charge in [-0.3, -0.25) is 19.1 Å². The molecule has 0 aliphatic rings. The van der Waals surface area contributed by atoms with E-state index in [1.54, 1.807) is 24.3 Å². The van der Waals surface area contributed by atoms with Crippen LogP contribution in [0.2, 0.25) is 0 Å². The predicted molar refractivity (Wildman–Crippen MR) is 123 cm³/mol. The smallest absolute Gasteiger partial charge is 0.330 e. The number of anilines is 3. The van der Waals surface area contributed by atoms with Crippen molar-refractivity contribution in [2.24, 2.45) is 5.92 Å². The molecule has 11 heteroatoms. The molecule has 0 spiro atoms. The molecule has 0 aliphatic heterocycles. The second-order valence-corrected chi connectivity index (χ2v) is 7.53. The number of carbonyl (C=O) groups is 2. The Bertz CT molecular complexity index is 1030. The Hall–Kier alpha value is -3.60. The number of urea groups is 1. The zero-order chi connectivity index (χ0) is 23.7. The van der Waals surface area contributed by atoms with Gasteiger partial charge in [-0.25, -0.2) is 9.59 Å². The van der Waals surface area contributed by atoms with E-state index in [0.29, 0.717) is 5.69 Å². The van der Waals surface area contributed by atoms with E-state index in [1.165, 1.54) is 16.6 Å². The van der Waals surface area contributed by atoms with Crippen LogP contribution in [0, 0.1) is 5.92 Å². The van der Waals surface area contributed by atoms with Crippen molar-refractivity contribution in [2.75, 3.05) is 42.8 Å². The molecule has 1 aromatic carbocycles. The third kappa shape index (κ3) is 6.71. The second kappa shape index (κ2) is 11.7. The number of nitrogens with one attached hydrogen (secondary N) is 3. The number of carbonyl (C=O) groups excluding carboxylic acids is 2. The van der Waals surface area contributed by atoms with Crippen LogP contribution >= 0.6 is 0 Å². The third-order valence-electron chi connectivity index (χ3n) is 4.51. The van der Waals surface area contributed by atoms with Crippen LogP contribution in [0.5, 0.6) is 0 Å². The molecule has 0 saturated heterocycles. The Morgan fingerprint density at radius 2 is 1.91 bits per heavy atom. The van der Waals surface area contributed by atoms with Gasteiger partial charge < -0.3 is 26.0 Å². The van der Waals surface area contributed by atoms with Crippen LogP contribution < -0.4 is 32.5 Å². The van der Waals surface area contributed by atoms with Crippen LogP contribution in [0.4, 0.5) is 22.0 Å². The molecule has 11 nitrogen and oxygen atoms in total. The summed E-state index contributed by atoms with van der Waals surface area (Å²) in [7, 11) is 1.46. The van der Waals surface area contributed by atoms with Gasteiger partial charge in [0.05, 0.1) is 6.61 Å². The summed E-state index contributed by atoms with van der Waals surface area (Å²) in [6.07, 6.45) is -0.0892. The summed E-state index contributed by atoms with van der Waals surface area (Å²) in [5.74, 6) is -0.454. The maximum Gasteiger partial charge on any atom is 0.330 e. The average molecular weight is 447 g/mol. The van der Waals surface area contributed by atoms with E-state index in [-0.39, 0.29) is 50.1 Å². The fraction of sp³-hybridized carbons (Fsp3) is 0.429. The second-order valence-electron chi connectivity index (χ2n) is 7.53. The highest BCUT2D eigenvalue weighted by Crippen LogP contribution is 2.18. The number of aromatic amines is 1. The summed E-state index contributed by atoms with van der Waals surface area (Å²) >= 11 is 0. The van der Waals surface area contributed by atoms with Crippen molar-refractivity contribution in [1.29, 1.82) is 0 Å². The van der Waals surface area contributed by atoms with Crippen molar-refractivity contribution >= 4 is 29.1 Å². The minimum Gasteiger partial charge on any atom is -0.383 e. The van der Waals surface area contributed by atoms with E-state index in [1.807, 2.05) is 19.9 Å². The van der Waals surface area contributed by atoms with Crippen molar-refractivity contribution in [3.63, 3.8) is 0 Å². The number of amides is 3. The van der Waals surface area contributed by atoms with Gasteiger partial charge in [-0.2, -0.15) is 0 Å². The highest BCUT2D eigenvalue weighted by atomic mass is 16.5. The minimum atomic E-state index is -0.758. The number of ether oxygens (including phenoxy) is 1. The molecule has 1 heterocycles. The number of rotatable bonds is 10. The van der Waals surface area contributed by atoms with Gasteiger partial charge in [0.1, 0.15) is 5.82 Å². The van der Waals surface area contributed by atoms with E-state index in [9.17, 15) is 19.2 Å². The Kier molecular flexibility index (Phi) is 9.02. The van der Waals surface area contributed by atoms with Crippen LogP contribution in [0.25, 0.3) is 0 Å². The number of aromatic nitrogens is 2. The lowest BCUT2D eigenvalue weighted by molar-refractivity contribution is -0.118. The van der Waals surface area contributed by atoms with Crippen molar-refractivity contribution in [1.82, 2.24) is 14.9 Å². The maximum absolute atomic E-state index is 12.9. The summed E-state index contributed by atoms with van der Waals surface area (Å²) in [5.41, 5.74) is 5.25. The van der Waals surface area contributed by atoms with Gasteiger partial charge in [-0.15, -0.1) is 0 Å². The topological polar surface area (TPSA) is 152 Å². The van der Waals surface area contributed by atoms with E-state index < -0.39 is 23.2 Å². The van der Waals surface area contributed by atoms with Crippen LogP contribution in [0.15, 0.2) is 39.9 Å². The fourth-order valence-electron chi connectivity index (χ4n) is 3.04. The van der Waals surface area contributed by atoms with E-state index in [2.05, 4.69) is 15.6 Å². The first-order chi connectivity index (χ1) is 15.2. The number of benzene rings is 1. The van der Waals surface area contributed by atoms with Gasteiger partial charge in [0.25, 0.3) is 5.56 Å². The third-order valence-corrected chi connectivity index (χ3v) is 4.51. The first-order valence-electron chi connectivity index (χ1n) is 10.3. The molecule has 0 bridgehead atoms. The molecule has 0 atom stereocenters. The van der Waals surface area contributed by atoms with Crippen LogP contribution in [-0.2, 0) is 16.1 Å². The number of hydrogen-bond donors (Lipinski definition) is 4. The molecule has 5 N–H and O–H groups in total. The summed E-state index contributed by atoms with van der Waals surface area (Å²) in [6, 6.07) is 8.40.